The smallest absolute Gasteiger partial charge is 0.264 e. The maximum absolute atomic E-state index is 12.2. The minimum absolute atomic E-state index is 0.0976. The number of methoxy groups -OCH3 is 1. The van der Waals surface area contributed by atoms with E-state index in [9.17, 15) is 18.0 Å². The van der Waals surface area contributed by atoms with Gasteiger partial charge in [0.25, 0.3) is 15.9 Å². The quantitative estimate of drug-likeness (QED) is 0.833. The zero-order valence-corrected chi connectivity index (χ0v) is 14.7. The highest BCUT2D eigenvalue weighted by Crippen LogP contribution is 2.17. The highest BCUT2D eigenvalue weighted by Gasteiger charge is 2.27. The number of sulfonamides is 1. The molecule has 2 amide bonds. The molecule has 0 aliphatic carbocycles. The van der Waals surface area contributed by atoms with Crippen LogP contribution in [-0.2, 0) is 19.6 Å². The van der Waals surface area contributed by atoms with Crippen LogP contribution < -0.4 is 14.8 Å². The van der Waals surface area contributed by atoms with E-state index < -0.39 is 27.4 Å². The molecule has 2 N–H and O–H groups in total. The van der Waals surface area contributed by atoms with E-state index in [1.54, 1.807) is 26.8 Å². The minimum atomic E-state index is -4.04. The number of benzene rings is 1. The Labute approximate surface area is 136 Å². The second-order valence-electron chi connectivity index (χ2n) is 6.09. The van der Waals surface area contributed by atoms with Crippen LogP contribution in [0.5, 0.6) is 5.75 Å². The molecule has 0 radical (unpaired) electrons. The van der Waals surface area contributed by atoms with Gasteiger partial charge in [-0.05, 0) is 19.1 Å². The normalized spacial score (nSPS) is 13.1. The Morgan fingerprint density at radius 1 is 1.22 bits per heavy atom. The molecule has 128 valence electrons. The highest BCUT2D eigenvalue weighted by molar-refractivity contribution is 7.90. The lowest BCUT2D eigenvalue weighted by molar-refractivity contribution is -0.132. The summed E-state index contributed by atoms with van der Waals surface area (Å²) >= 11 is 0. The van der Waals surface area contributed by atoms with Crippen LogP contribution in [0.2, 0.25) is 0 Å². The molecule has 0 bridgehead atoms. The topological polar surface area (TPSA) is 102 Å². The van der Waals surface area contributed by atoms with Crippen molar-refractivity contribution in [2.45, 2.75) is 38.6 Å². The Kier molecular flexibility index (Phi) is 5.76. The summed E-state index contributed by atoms with van der Waals surface area (Å²) in [6.07, 6.45) is 0. The predicted octanol–water partition coefficient (Wildman–Crippen LogP) is 1.05. The summed E-state index contributed by atoms with van der Waals surface area (Å²) < 4.78 is 31.3. The molecule has 1 aromatic rings. The van der Waals surface area contributed by atoms with E-state index in [1.807, 2.05) is 4.72 Å². The van der Waals surface area contributed by atoms with Crippen molar-refractivity contribution in [1.82, 2.24) is 10.0 Å². The summed E-state index contributed by atoms with van der Waals surface area (Å²) in [5.41, 5.74) is -0.680. The van der Waals surface area contributed by atoms with E-state index in [1.165, 1.54) is 32.2 Å². The molecule has 0 aliphatic rings. The van der Waals surface area contributed by atoms with E-state index >= 15 is 0 Å². The molecule has 7 nitrogen and oxygen atoms in total. The molecule has 0 aromatic heterocycles. The molecule has 0 saturated heterocycles. The zero-order valence-electron chi connectivity index (χ0n) is 13.8. The fourth-order valence-corrected chi connectivity index (χ4v) is 2.62. The molecule has 0 aliphatic heterocycles. The van der Waals surface area contributed by atoms with Crippen molar-refractivity contribution in [3.8, 4) is 5.75 Å². The van der Waals surface area contributed by atoms with E-state index in [4.69, 9.17) is 4.74 Å². The molecule has 23 heavy (non-hydrogen) atoms. The number of rotatable bonds is 5. The van der Waals surface area contributed by atoms with Crippen LogP contribution in [0, 0.1) is 5.41 Å². The van der Waals surface area contributed by atoms with E-state index in [2.05, 4.69) is 5.32 Å². The molecular weight excluding hydrogens is 320 g/mol. The van der Waals surface area contributed by atoms with Crippen molar-refractivity contribution in [2.24, 2.45) is 5.41 Å². The molecule has 1 unspecified atom stereocenters. The molecule has 0 saturated carbocycles. The first-order valence-corrected chi connectivity index (χ1v) is 8.47. The summed E-state index contributed by atoms with van der Waals surface area (Å²) in [4.78, 5) is 23.8. The third-order valence-corrected chi connectivity index (χ3v) is 4.35. The van der Waals surface area contributed by atoms with Crippen molar-refractivity contribution < 1.29 is 22.7 Å². The van der Waals surface area contributed by atoms with Crippen LogP contribution in [0.25, 0.3) is 0 Å². The number of ether oxygens (including phenoxy) is 1. The van der Waals surface area contributed by atoms with Crippen molar-refractivity contribution in [3.05, 3.63) is 24.3 Å². The van der Waals surface area contributed by atoms with Gasteiger partial charge in [0.05, 0.1) is 12.0 Å². The maximum atomic E-state index is 12.2. The number of amides is 2. The summed E-state index contributed by atoms with van der Waals surface area (Å²) in [5, 5.41) is 2.48. The van der Waals surface area contributed by atoms with E-state index in [0.29, 0.717) is 5.75 Å². The number of hydrogen-bond acceptors (Lipinski definition) is 5. The Morgan fingerprint density at radius 2 is 1.83 bits per heavy atom. The van der Waals surface area contributed by atoms with Gasteiger partial charge in [-0.1, -0.05) is 26.8 Å². The molecule has 1 rings (SSSR count). The highest BCUT2D eigenvalue weighted by atomic mass is 32.2. The van der Waals surface area contributed by atoms with Gasteiger partial charge in [-0.3, -0.25) is 9.59 Å². The Hall–Kier alpha value is -2.09. The van der Waals surface area contributed by atoms with Gasteiger partial charge in [0.2, 0.25) is 5.91 Å². The molecule has 8 heteroatoms. The molecule has 0 fully saturated rings. The van der Waals surface area contributed by atoms with Gasteiger partial charge in [0.15, 0.2) is 0 Å². The van der Waals surface area contributed by atoms with Gasteiger partial charge in [0.1, 0.15) is 11.8 Å². The van der Waals surface area contributed by atoms with Crippen LogP contribution in [0.3, 0.4) is 0 Å². The van der Waals surface area contributed by atoms with E-state index in [-0.39, 0.29) is 10.8 Å². The second kappa shape index (κ2) is 6.99. The van der Waals surface area contributed by atoms with Gasteiger partial charge >= 0.3 is 0 Å². The SMILES string of the molecule is COc1cccc(S(=O)(=O)NC(=O)C(C)NC(=O)C(C)(C)C)c1. The molecular formula is C15H22N2O5S. The van der Waals surface area contributed by atoms with Gasteiger partial charge in [0, 0.05) is 11.5 Å². The average molecular weight is 342 g/mol. The lowest BCUT2D eigenvalue weighted by Crippen LogP contribution is -2.49. The molecule has 1 aromatic carbocycles. The number of carbonyl (C=O) groups is 2. The van der Waals surface area contributed by atoms with Crippen LogP contribution in [0.1, 0.15) is 27.7 Å². The fraction of sp³-hybridized carbons (Fsp3) is 0.467. The van der Waals surface area contributed by atoms with Crippen molar-refractivity contribution >= 4 is 21.8 Å². The van der Waals surface area contributed by atoms with Crippen LogP contribution in [0.4, 0.5) is 0 Å². The minimum Gasteiger partial charge on any atom is -0.497 e. The molecule has 0 heterocycles. The average Bonchev–Trinajstić information content (AvgIpc) is 2.45. The first-order valence-electron chi connectivity index (χ1n) is 6.99. The molecule has 1 atom stereocenters. The van der Waals surface area contributed by atoms with Crippen LogP contribution >= 0.6 is 0 Å². The van der Waals surface area contributed by atoms with Crippen molar-refractivity contribution in [2.75, 3.05) is 7.11 Å². The zero-order chi connectivity index (χ0) is 17.8. The summed E-state index contributed by atoms with van der Waals surface area (Å²) in [6, 6.07) is 4.75. The number of hydrogen-bond donors (Lipinski definition) is 2. The summed E-state index contributed by atoms with van der Waals surface area (Å²) in [7, 11) is -2.63. The van der Waals surface area contributed by atoms with E-state index in [0.717, 1.165) is 0 Å². The number of carbonyl (C=O) groups excluding carboxylic acids is 2. The standard InChI is InChI=1S/C15H22N2O5S/c1-10(16-14(19)15(2,3)4)13(18)17-23(20,21)12-8-6-7-11(9-12)22-5/h6-10H,1-5H3,(H,16,19)(H,17,18). The summed E-state index contributed by atoms with van der Waals surface area (Å²) in [5.74, 6) is -0.807. The molecule has 0 spiro atoms. The lowest BCUT2D eigenvalue weighted by atomic mass is 9.95. The maximum Gasteiger partial charge on any atom is 0.264 e. The monoisotopic (exact) mass is 342 g/mol. The third kappa shape index (κ3) is 5.24. The largest absolute Gasteiger partial charge is 0.497 e. The Bertz CT molecular complexity index is 692. The van der Waals surface area contributed by atoms with Crippen molar-refractivity contribution in [3.63, 3.8) is 0 Å². The van der Waals surface area contributed by atoms with Gasteiger partial charge in [-0.25, -0.2) is 13.1 Å². The van der Waals surface area contributed by atoms with Crippen LogP contribution in [0.15, 0.2) is 29.2 Å². The van der Waals surface area contributed by atoms with Crippen molar-refractivity contribution in [1.29, 1.82) is 0 Å². The third-order valence-electron chi connectivity index (χ3n) is 3.01. The van der Waals surface area contributed by atoms with Crippen LogP contribution in [-0.4, -0.2) is 33.4 Å². The summed E-state index contributed by atoms with van der Waals surface area (Å²) in [6.45, 7) is 6.50. The van der Waals surface area contributed by atoms with Gasteiger partial charge in [-0.15, -0.1) is 0 Å². The number of nitrogens with one attached hydrogen (secondary N) is 2. The first kappa shape index (κ1) is 19.0. The second-order valence-corrected chi connectivity index (χ2v) is 7.78. The first-order chi connectivity index (χ1) is 10.5. The van der Waals surface area contributed by atoms with Gasteiger partial charge in [-0.2, -0.15) is 0 Å². The fourth-order valence-electron chi connectivity index (χ4n) is 1.53. The van der Waals surface area contributed by atoms with Gasteiger partial charge < -0.3 is 10.1 Å². The predicted molar refractivity (Wildman–Crippen MR) is 85.4 cm³/mol. The Balaban J connectivity index is 2.84. The Morgan fingerprint density at radius 3 is 2.35 bits per heavy atom. The lowest BCUT2D eigenvalue weighted by Gasteiger charge is -2.21.